The third-order valence-electron chi connectivity index (χ3n) is 5.54. The Morgan fingerprint density at radius 2 is 1.97 bits per heavy atom. The van der Waals surface area contributed by atoms with Crippen molar-refractivity contribution in [2.75, 3.05) is 18.5 Å². The average molecular weight is 421 g/mol. The maximum absolute atomic E-state index is 14.3. The lowest BCUT2D eigenvalue weighted by Gasteiger charge is -2.29. The van der Waals surface area contributed by atoms with Gasteiger partial charge < -0.3 is 5.32 Å². The predicted molar refractivity (Wildman–Crippen MR) is 113 cm³/mol. The van der Waals surface area contributed by atoms with Gasteiger partial charge in [-0.05, 0) is 72.4 Å². The van der Waals surface area contributed by atoms with E-state index in [1.54, 1.807) is 12.1 Å². The summed E-state index contributed by atoms with van der Waals surface area (Å²) in [6.45, 7) is 2.30. The summed E-state index contributed by atoms with van der Waals surface area (Å²) in [7, 11) is 1.45. The Bertz CT molecular complexity index is 1190. The van der Waals surface area contributed by atoms with E-state index in [-0.39, 0.29) is 17.3 Å². The van der Waals surface area contributed by atoms with Crippen molar-refractivity contribution >= 4 is 17.6 Å². The van der Waals surface area contributed by atoms with Gasteiger partial charge in [0.25, 0.3) is 11.8 Å². The van der Waals surface area contributed by atoms with Gasteiger partial charge in [-0.15, -0.1) is 0 Å². The second-order valence-corrected chi connectivity index (χ2v) is 7.52. The third kappa shape index (κ3) is 3.91. The normalized spacial score (nSPS) is 13.2. The van der Waals surface area contributed by atoms with E-state index in [1.807, 2.05) is 13.0 Å². The van der Waals surface area contributed by atoms with Crippen LogP contribution in [0.15, 0.2) is 48.7 Å². The standard InChI is InChI=1S/C24H21F2N3O2/c1-14-10-16-7-9-29(22-20(25)4-3-8-28-22)24(31)19(16)13-17(14)11-15-5-6-18(21(26)12-15)23(30)27-2/h3-6,8,10,12-13H,7,9,11H2,1-2H3,(H,27,30). The van der Waals surface area contributed by atoms with E-state index in [0.717, 1.165) is 16.7 Å². The molecule has 2 heterocycles. The summed E-state index contributed by atoms with van der Waals surface area (Å²) >= 11 is 0. The lowest BCUT2D eigenvalue weighted by atomic mass is 9.90. The molecule has 0 radical (unpaired) electrons. The van der Waals surface area contributed by atoms with Crippen LogP contribution < -0.4 is 10.2 Å². The van der Waals surface area contributed by atoms with Gasteiger partial charge in [0.1, 0.15) is 5.82 Å². The van der Waals surface area contributed by atoms with E-state index < -0.39 is 17.5 Å². The van der Waals surface area contributed by atoms with Crippen LogP contribution in [0.4, 0.5) is 14.6 Å². The van der Waals surface area contributed by atoms with Gasteiger partial charge in [0.05, 0.1) is 5.56 Å². The number of benzene rings is 2. The van der Waals surface area contributed by atoms with Gasteiger partial charge in [-0.1, -0.05) is 12.1 Å². The van der Waals surface area contributed by atoms with Crippen molar-refractivity contribution < 1.29 is 18.4 Å². The van der Waals surface area contributed by atoms with E-state index in [0.29, 0.717) is 30.5 Å². The maximum Gasteiger partial charge on any atom is 0.259 e. The fourth-order valence-corrected chi connectivity index (χ4v) is 3.87. The molecule has 5 nitrogen and oxygen atoms in total. The molecule has 0 fully saturated rings. The van der Waals surface area contributed by atoms with Crippen LogP contribution in [-0.4, -0.2) is 30.4 Å². The van der Waals surface area contributed by atoms with E-state index in [9.17, 15) is 18.4 Å². The number of halogens is 2. The highest BCUT2D eigenvalue weighted by Gasteiger charge is 2.29. The Hall–Kier alpha value is -3.61. The highest BCUT2D eigenvalue weighted by molar-refractivity contribution is 6.08. The first-order chi connectivity index (χ1) is 14.9. The van der Waals surface area contributed by atoms with Crippen LogP contribution in [0, 0.1) is 18.6 Å². The lowest BCUT2D eigenvalue weighted by Crippen LogP contribution is -2.39. The number of rotatable bonds is 4. The van der Waals surface area contributed by atoms with Crippen LogP contribution in [0.3, 0.4) is 0 Å². The average Bonchev–Trinajstić information content (AvgIpc) is 2.75. The highest BCUT2D eigenvalue weighted by Crippen LogP contribution is 2.28. The number of carbonyl (C=O) groups is 2. The SMILES string of the molecule is CNC(=O)c1ccc(Cc2cc3c(cc2C)CCN(c2ncccc2F)C3=O)cc1F. The van der Waals surface area contributed by atoms with E-state index in [2.05, 4.69) is 10.3 Å². The van der Waals surface area contributed by atoms with Gasteiger partial charge in [0, 0.05) is 25.4 Å². The first-order valence-corrected chi connectivity index (χ1v) is 9.94. The Kier molecular flexibility index (Phi) is 5.50. The molecule has 1 N–H and O–H groups in total. The lowest BCUT2D eigenvalue weighted by molar-refractivity contribution is 0.0956. The molecule has 4 rings (SSSR count). The Balaban J connectivity index is 1.65. The zero-order chi connectivity index (χ0) is 22.1. The molecule has 0 saturated carbocycles. The van der Waals surface area contributed by atoms with Crippen LogP contribution in [0.5, 0.6) is 0 Å². The number of carbonyl (C=O) groups excluding carboxylic acids is 2. The fourth-order valence-electron chi connectivity index (χ4n) is 3.87. The largest absolute Gasteiger partial charge is 0.355 e. The molecule has 0 bridgehead atoms. The number of nitrogens with one attached hydrogen (secondary N) is 1. The van der Waals surface area contributed by atoms with Crippen molar-refractivity contribution in [1.82, 2.24) is 10.3 Å². The minimum absolute atomic E-state index is 0.0170. The molecule has 1 aliphatic rings. The van der Waals surface area contributed by atoms with E-state index in [1.165, 1.54) is 42.4 Å². The van der Waals surface area contributed by atoms with Gasteiger partial charge in [-0.2, -0.15) is 0 Å². The monoisotopic (exact) mass is 421 g/mol. The number of anilines is 1. The third-order valence-corrected chi connectivity index (χ3v) is 5.54. The van der Waals surface area contributed by atoms with Gasteiger partial charge >= 0.3 is 0 Å². The first kappa shape index (κ1) is 20.7. The second-order valence-electron chi connectivity index (χ2n) is 7.52. The number of hydrogen-bond acceptors (Lipinski definition) is 3. The van der Waals surface area contributed by atoms with Crippen LogP contribution in [-0.2, 0) is 12.8 Å². The number of aromatic nitrogens is 1. The van der Waals surface area contributed by atoms with E-state index >= 15 is 0 Å². The summed E-state index contributed by atoms with van der Waals surface area (Å²) in [6.07, 6.45) is 2.45. The molecule has 2 amide bonds. The number of aryl methyl sites for hydroxylation is 1. The summed E-state index contributed by atoms with van der Waals surface area (Å²) in [5, 5.41) is 2.41. The molecule has 2 aromatic carbocycles. The quantitative estimate of drug-likeness (QED) is 0.697. The van der Waals surface area contributed by atoms with Crippen molar-refractivity contribution in [2.24, 2.45) is 0 Å². The first-order valence-electron chi connectivity index (χ1n) is 9.94. The minimum atomic E-state index is -0.597. The summed E-state index contributed by atoms with van der Waals surface area (Å²) in [4.78, 5) is 30.2. The van der Waals surface area contributed by atoms with Crippen LogP contribution in [0.1, 0.15) is 43.0 Å². The summed E-state index contributed by atoms with van der Waals surface area (Å²) < 4.78 is 28.5. The smallest absolute Gasteiger partial charge is 0.259 e. The molecule has 1 aliphatic heterocycles. The number of fused-ring (bicyclic) bond motifs is 1. The molecular weight excluding hydrogens is 400 g/mol. The number of pyridine rings is 1. The Morgan fingerprint density at radius 3 is 2.68 bits per heavy atom. The summed E-state index contributed by atoms with van der Waals surface area (Å²) in [5.41, 5.74) is 3.92. The number of hydrogen-bond donors (Lipinski definition) is 1. The van der Waals surface area contributed by atoms with E-state index in [4.69, 9.17) is 0 Å². The number of amides is 2. The molecule has 31 heavy (non-hydrogen) atoms. The second kappa shape index (κ2) is 8.26. The predicted octanol–water partition coefficient (Wildman–Crippen LogP) is 3.82. The van der Waals surface area contributed by atoms with Gasteiger partial charge in [0.2, 0.25) is 0 Å². The van der Waals surface area contributed by atoms with Crippen molar-refractivity contribution in [2.45, 2.75) is 19.8 Å². The molecular formula is C24H21F2N3O2. The van der Waals surface area contributed by atoms with Gasteiger partial charge in [0.15, 0.2) is 11.6 Å². The minimum Gasteiger partial charge on any atom is -0.355 e. The molecule has 0 unspecified atom stereocenters. The van der Waals surface area contributed by atoms with Crippen molar-refractivity contribution in [1.29, 1.82) is 0 Å². The summed E-state index contributed by atoms with van der Waals surface area (Å²) in [5.74, 6) is -1.91. The van der Waals surface area contributed by atoms with Crippen molar-refractivity contribution in [3.63, 3.8) is 0 Å². The van der Waals surface area contributed by atoms with Crippen molar-refractivity contribution in [3.05, 3.63) is 93.7 Å². The van der Waals surface area contributed by atoms with Gasteiger partial charge in [-0.25, -0.2) is 13.8 Å². The Morgan fingerprint density at radius 1 is 1.16 bits per heavy atom. The topological polar surface area (TPSA) is 62.3 Å². The molecule has 7 heteroatoms. The molecule has 3 aromatic rings. The highest BCUT2D eigenvalue weighted by atomic mass is 19.1. The Labute approximate surface area is 178 Å². The van der Waals surface area contributed by atoms with Crippen molar-refractivity contribution in [3.8, 4) is 0 Å². The fraction of sp³-hybridized carbons (Fsp3) is 0.208. The molecule has 0 saturated heterocycles. The number of nitrogens with zero attached hydrogens (tertiary/aromatic N) is 2. The zero-order valence-electron chi connectivity index (χ0n) is 17.2. The molecule has 158 valence electrons. The molecule has 1 aromatic heterocycles. The van der Waals surface area contributed by atoms with Gasteiger partial charge in [-0.3, -0.25) is 14.5 Å². The molecule has 0 aliphatic carbocycles. The van der Waals surface area contributed by atoms with Crippen LogP contribution in [0.2, 0.25) is 0 Å². The zero-order valence-corrected chi connectivity index (χ0v) is 17.2. The summed E-state index contributed by atoms with van der Waals surface area (Å²) in [6, 6.07) is 11.0. The van der Waals surface area contributed by atoms with Crippen LogP contribution >= 0.6 is 0 Å². The molecule has 0 atom stereocenters. The maximum atomic E-state index is 14.3. The molecule has 0 spiro atoms. The van der Waals surface area contributed by atoms with Crippen LogP contribution in [0.25, 0.3) is 0 Å².